The summed E-state index contributed by atoms with van der Waals surface area (Å²) in [6.45, 7) is 1.11. The van der Waals surface area contributed by atoms with E-state index in [-0.39, 0.29) is 0 Å². The van der Waals surface area contributed by atoms with Crippen molar-refractivity contribution in [2.45, 2.75) is 18.8 Å². The predicted molar refractivity (Wildman–Crippen MR) is 60.8 cm³/mol. The Labute approximate surface area is 90.5 Å². The number of benzene rings is 1. The third-order valence-electron chi connectivity index (χ3n) is 3.19. The van der Waals surface area contributed by atoms with Crippen LogP contribution in [0.4, 0.5) is 0 Å². The van der Waals surface area contributed by atoms with Crippen LogP contribution in [0.2, 0.25) is 5.02 Å². The van der Waals surface area contributed by atoms with Crippen LogP contribution in [0, 0.1) is 5.92 Å². The monoisotopic (exact) mass is 209 g/mol. The van der Waals surface area contributed by atoms with Gasteiger partial charge < -0.3 is 5.32 Å². The fraction of sp³-hybridized carbons (Fsp3) is 0.500. The molecule has 1 saturated carbocycles. The van der Waals surface area contributed by atoms with Crippen molar-refractivity contribution in [1.29, 1.82) is 0 Å². The highest BCUT2D eigenvalue weighted by Crippen LogP contribution is 2.44. The topological polar surface area (TPSA) is 12.0 Å². The second kappa shape index (κ2) is 4.33. The van der Waals surface area contributed by atoms with Crippen molar-refractivity contribution >= 4 is 11.6 Å². The van der Waals surface area contributed by atoms with E-state index in [0.717, 1.165) is 17.5 Å². The molecule has 14 heavy (non-hydrogen) atoms. The van der Waals surface area contributed by atoms with Crippen molar-refractivity contribution in [1.82, 2.24) is 5.32 Å². The number of hydrogen-bond donors (Lipinski definition) is 1. The molecule has 0 bridgehead atoms. The molecule has 1 aliphatic rings. The zero-order chi connectivity index (χ0) is 9.97. The minimum Gasteiger partial charge on any atom is -0.319 e. The Hall–Kier alpha value is -0.530. The second-order valence-corrected chi connectivity index (χ2v) is 4.43. The van der Waals surface area contributed by atoms with Gasteiger partial charge in [0.25, 0.3) is 0 Å². The lowest BCUT2D eigenvalue weighted by Crippen LogP contribution is -2.32. The van der Waals surface area contributed by atoms with Crippen molar-refractivity contribution in [3.05, 3.63) is 34.9 Å². The van der Waals surface area contributed by atoms with Gasteiger partial charge in [-0.2, -0.15) is 0 Å². The molecule has 0 aliphatic heterocycles. The van der Waals surface area contributed by atoms with Crippen LogP contribution in [0.3, 0.4) is 0 Å². The van der Waals surface area contributed by atoms with E-state index in [0.29, 0.717) is 5.92 Å². The third-order valence-corrected chi connectivity index (χ3v) is 3.53. The highest BCUT2D eigenvalue weighted by atomic mass is 35.5. The van der Waals surface area contributed by atoms with Gasteiger partial charge in [-0.05, 0) is 49.9 Å². The van der Waals surface area contributed by atoms with Gasteiger partial charge in [0.15, 0.2) is 0 Å². The molecule has 0 radical (unpaired) electrons. The Morgan fingerprint density at radius 3 is 2.71 bits per heavy atom. The van der Waals surface area contributed by atoms with E-state index in [2.05, 4.69) is 17.4 Å². The molecule has 0 saturated heterocycles. The van der Waals surface area contributed by atoms with Crippen molar-refractivity contribution in [3.63, 3.8) is 0 Å². The summed E-state index contributed by atoms with van der Waals surface area (Å²) in [5.41, 5.74) is 1.33. The molecule has 2 atom stereocenters. The van der Waals surface area contributed by atoms with Gasteiger partial charge in [0, 0.05) is 5.02 Å². The summed E-state index contributed by atoms with van der Waals surface area (Å²) in [5, 5.41) is 4.17. The molecule has 2 heteroatoms. The Bertz CT molecular complexity index is 311. The Morgan fingerprint density at radius 1 is 1.36 bits per heavy atom. The van der Waals surface area contributed by atoms with E-state index >= 15 is 0 Å². The van der Waals surface area contributed by atoms with E-state index in [4.69, 9.17) is 11.6 Å². The summed E-state index contributed by atoms with van der Waals surface area (Å²) < 4.78 is 0. The molecule has 1 aromatic rings. The first kappa shape index (κ1) is 10.0. The minimum absolute atomic E-state index is 0.677. The molecule has 0 spiro atoms. The van der Waals surface area contributed by atoms with Gasteiger partial charge in [-0.25, -0.2) is 0 Å². The maximum atomic E-state index is 6.18. The summed E-state index contributed by atoms with van der Waals surface area (Å²) in [4.78, 5) is 0. The zero-order valence-corrected chi connectivity index (χ0v) is 9.22. The SMILES string of the molecule is CNCC1CCC1c1ccccc1Cl. The average molecular weight is 210 g/mol. The summed E-state index contributed by atoms with van der Waals surface area (Å²) in [7, 11) is 2.02. The van der Waals surface area contributed by atoms with Gasteiger partial charge in [0.05, 0.1) is 0 Å². The second-order valence-electron chi connectivity index (χ2n) is 4.02. The fourth-order valence-corrected chi connectivity index (χ4v) is 2.54. The van der Waals surface area contributed by atoms with Crippen LogP contribution in [0.5, 0.6) is 0 Å². The first-order valence-electron chi connectivity index (χ1n) is 5.22. The van der Waals surface area contributed by atoms with Crippen LogP contribution in [0.25, 0.3) is 0 Å². The van der Waals surface area contributed by atoms with Crippen LogP contribution in [-0.2, 0) is 0 Å². The lowest BCUT2D eigenvalue weighted by atomic mass is 9.70. The maximum absolute atomic E-state index is 6.18. The quantitative estimate of drug-likeness (QED) is 0.807. The zero-order valence-electron chi connectivity index (χ0n) is 8.46. The molecule has 1 aromatic carbocycles. The first-order valence-corrected chi connectivity index (χ1v) is 5.59. The molecular formula is C12H16ClN. The smallest absolute Gasteiger partial charge is 0.0440 e. The highest BCUT2D eigenvalue weighted by Gasteiger charge is 2.32. The van der Waals surface area contributed by atoms with Gasteiger partial charge in [-0.3, -0.25) is 0 Å². The molecular weight excluding hydrogens is 194 g/mol. The standard InChI is InChI=1S/C12H16ClN/c1-14-8-9-6-7-10(9)11-4-2-3-5-12(11)13/h2-5,9-10,14H,6-8H2,1H3. The van der Waals surface area contributed by atoms with E-state index in [1.54, 1.807) is 0 Å². The number of hydrogen-bond acceptors (Lipinski definition) is 1. The summed E-state index contributed by atoms with van der Waals surface area (Å²) in [6.07, 6.45) is 2.62. The molecule has 0 aromatic heterocycles. The molecule has 0 amide bonds. The molecule has 2 unspecified atom stereocenters. The number of rotatable bonds is 3. The molecule has 76 valence electrons. The number of nitrogens with one attached hydrogen (secondary N) is 1. The predicted octanol–water partition coefficient (Wildman–Crippen LogP) is 3.05. The molecule has 1 N–H and O–H groups in total. The third kappa shape index (κ3) is 1.79. The molecule has 1 aliphatic carbocycles. The van der Waals surface area contributed by atoms with Crippen LogP contribution in [0.15, 0.2) is 24.3 Å². The molecule has 1 fully saturated rings. The molecule has 2 rings (SSSR count). The van der Waals surface area contributed by atoms with Crippen molar-refractivity contribution in [2.75, 3.05) is 13.6 Å². The molecule has 0 heterocycles. The van der Waals surface area contributed by atoms with Crippen molar-refractivity contribution in [2.24, 2.45) is 5.92 Å². The highest BCUT2D eigenvalue weighted by molar-refractivity contribution is 6.31. The maximum Gasteiger partial charge on any atom is 0.0440 e. The summed E-state index contributed by atoms with van der Waals surface area (Å²) >= 11 is 6.18. The lowest BCUT2D eigenvalue weighted by molar-refractivity contribution is 0.251. The summed E-state index contributed by atoms with van der Waals surface area (Å²) in [5.74, 6) is 1.45. The van der Waals surface area contributed by atoms with Crippen molar-refractivity contribution in [3.8, 4) is 0 Å². The number of halogens is 1. The fourth-order valence-electron chi connectivity index (χ4n) is 2.26. The van der Waals surface area contributed by atoms with Crippen molar-refractivity contribution < 1.29 is 0 Å². The first-order chi connectivity index (χ1) is 6.83. The average Bonchev–Trinajstić information content (AvgIpc) is 2.16. The minimum atomic E-state index is 0.677. The summed E-state index contributed by atoms with van der Waals surface area (Å²) in [6, 6.07) is 8.23. The normalized spacial score (nSPS) is 25.9. The van der Waals surface area contributed by atoms with Gasteiger partial charge in [-0.15, -0.1) is 0 Å². The van der Waals surface area contributed by atoms with Gasteiger partial charge in [-0.1, -0.05) is 29.8 Å². The van der Waals surface area contributed by atoms with Crippen LogP contribution in [-0.4, -0.2) is 13.6 Å². The largest absolute Gasteiger partial charge is 0.319 e. The van der Waals surface area contributed by atoms with E-state index in [1.165, 1.54) is 18.4 Å². The van der Waals surface area contributed by atoms with Gasteiger partial charge >= 0.3 is 0 Å². The Balaban J connectivity index is 2.12. The van der Waals surface area contributed by atoms with E-state index < -0.39 is 0 Å². The molecule has 1 nitrogen and oxygen atoms in total. The Morgan fingerprint density at radius 2 is 2.14 bits per heavy atom. The van der Waals surface area contributed by atoms with Crippen LogP contribution < -0.4 is 5.32 Å². The van der Waals surface area contributed by atoms with Gasteiger partial charge in [0.2, 0.25) is 0 Å². The van der Waals surface area contributed by atoms with Gasteiger partial charge in [0.1, 0.15) is 0 Å². The van der Waals surface area contributed by atoms with E-state index in [9.17, 15) is 0 Å². The lowest BCUT2D eigenvalue weighted by Gasteiger charge is -2.37. The van der Waals surface area contributed by atoms with E-state index in [1.807, 2.05) is 19.2 Å². The van der Waals surface area contributed by atoms with Crippen LogP contribution in [0.1, 0.15) is 24.3 Å². The Kier molecular flexibility index (Phi) is 3.09. The van der Waals surface area contributed by atoms with Crippen LogP contribution >= 0.6 is 11.6 Å².